The van der Waals surface area contributed by atoms with Crippen LogP contribution in [0.15, 0.2) is 18.2 Å². The van der Waals surface area contributed by atoms with Gasteiger partial charge < -0.3 is 15.6 Å². The van der Waals surface area contributed by atoms with Crippen molar-refractivity contribution in [2.75, 3.05) is 6.61 Å². The van der Waals surface area contributed by atoms with Gasteiger partial charge in [-0.05, 0) is 36.7 Å². The first kappa shape index (κ1) is 15.7. The number of carboxylic acids is 1. The quantitative estimate of drug-likeness (QED) is 0.875. The van der Waals surface area contributed by atoms with Crippen LogP contribution in [0.4, 0.5) is 0 Å². The molecule has 0 unspecified atom stereocenters. The Balaban J connectivity index is 0.000000557. The number of halogens is 1. The van der Waals surface area contributed by atoms with Crippen LogP contribution in [0.25, 0.3) is 0 Å². The maximum absolute atomic E-state index is 10.2. The Hall–Kier alpha value is -1.26. The average Bonchev–Trinajstić information content (AvgIpc) is 2.15. The fraction of sp³-hybridized carbons (Fsp3) is 0.417. The minimum Gasteiger partial charge on any atom is -0.482 e. The molecule has 0 aliphatic rings. The van der Waals surface area contributed by atoms with Gasteiger partial charge in [-0.25, -0.2) is 4.79 Å². The van der Waals surface area contributed by atoms with E-state index in [1.165, 1.54) is 0 Å². The van der Waals surface area contributed by atoms with Gasteiger partial charge in [0, 0.05) is 5.02 Å². The predicted octanol–water partition coefficient (Wildman–Crippen LogP) is 2.47. The number of benzene rings is 1. The summed E-state index contributed by atoms with van der Waals surface area (Å²) >= 11 is 5.71. The summed E-state index contributed by atoms with van der Waals surface area (Å²) in [5, 5.41) is 8.98. The number of hydrogen-bond acceptors (Lipinski definition) is 3. The third-order valence-electron chi connectivity index (χ3n) is 1.49. The van der Waals surface area contributed by atoms with Crippen LogP contribution in [0, 0.1) is 6.92 Å². The number of aryl methyl sites for hydroxylation is 1. The topological polar surface area (TPSA) is 72.5 Å². The van der Waals surface area contributed by atoms with Gasteiger partial charge in [0.2, 0.25) is 0 Å². The second-order valence-electron chi connectivity index (χ2n) is 3.84. The zero-order valence-electron chi connectivity index (χ0n) is 10.2. The highest BCUT2D eigenvalue weighted by atomic mass is 35.5. The second kappa shape index (κ2) is 7.92. The van der Waals surface area contributed by atoms with Crippen molar-refractivity contribution in [3.63, 3.8) is 0 Å². The van der Waals surface area contributed by atoms with Crippen LogP contribution in [-0.4, -0.2) is 23.7 Å². The average molecular weight is 260 g/mol. The van der Waals surface area contributed by atoms with Gasteiger partial charge in [-0.15, -0.1) is 0 Å². The van der Waals surface area contributed by atoms with E-state index in [1.807, 2.05) is 20.8 Å². The molecule has 0 fully saturated rings. The molecule has 1 rings (SSSR count). The maximum atomic E-state index is 10.2. The lowest BCUT2D eigenvalue weighted by molar-refractivity contribution is -0.139. The molecule has 0 heterocycles. The van der Waals surface area contributed by atoms with Crippen molar-refractivity contribution in [2.24, 2.45) is 5.73 Å². The first-order valence-corrected chi connectivity index (χ1v) is 5.57. The molecule has 0 aliphatic heterocycles. The van der Waals surface area contributed by atoms with E-state index in [0.717, 1.165) is 5.56 Å². The van der Waals surface area contributed by atoms with Crippen molar-refractivity contribution in [2.45, 2.75) is 26.8 Å². The van der Waals surface area contributed by atoms with Gasteiger partial charge in [-0.3, -0.25) is 0 Å². The Morgan fingerprint density at radius 2 is 2.06 bits per heavy atom. The molecule has 1 aromatic rings. The zero-order chi connectivity index (χ0) is 13.4. The molecular formula is C12H18ClNO3. The van der Waals surface area contributed by atoms with Gasteiger partial charge in [0.05, 0.1) is 0 Å². The number of carbonyl (C=O) groups is 1. The lowest BCUT2D eigenvalue weighted by Crippen LogP contribution is -2.09. The van der Waals surface area contributed by atoms with Crippen LogP contribution in [0.2, 0.25) is 5.02 Å². The van der Waals surface area contributed by atoms with Gasteiger partial charge in [0.1, 0.15) is 5.75 Å². The van der Waals surface area contributed by atoms with Gasteiger partial charge in [-0.1, -0.05) is 25.4 Å². The predicted molar refractivity (Wildman–Crippen MR) is 68.6 cm³/mol. The Morgan fingerprint density at radius 1 is 1.53 bits per heavy atom. The molecule has 0 aliphatic carbocycles. The first-order valence-electron chi connectivity index (χ1n) is 5.19. The van der Waals surface area contributed by atoms with E-state index in [2.05, 4.69) is 0 Å². The third-order valence-corrected chi connectivity index (χ3v) is 1.72. The summed E-state index contributed by atoms with van der Waals surface area (Å²) in [5.74, 6) is -0.443. The summed E-state index contributed by atoms with van der Waals surface area (Å²) in [7, 11) is 0. The lowest BCUT2D eigenvalue weighted by atomic mass is 10.2. The van der Waals surface area contributed by atoms with Crippen LogP contribution in [0.1, 0.15) is 19.4 Å². The van der Waals surface area contributed by atoms with E-state index in [1.54, 1.807) is 18.2 Å². The van der Waals surface area contributed by atoms with E-state index in [9.17, 15) is 4.79 Å². The smallest absolute Gasteiger partial charge is 0.341 e. The van der Waals surface area contributed by atoms with Gasteiger partial charge >= 0.3 is 5.97 Å². The largest absolute Gasteiger partial charge is 0.482 e. The van der Waals surface area contributed by atoms with Gasteiger partial charge in [0.15, 0.2) is 6.61 Å². The zero-order valence-corrected chi connectivity index (χ0v) is 11.0. The molecule has 0 radical (unpaired) electrons. The number of ether oxygens (including phenoxy) is 1. The van der Waals surface area contributed by atoms with Crippen molar-refractivity contribution in [3.8, 4) is 5.75 Å². The molecule has 0 aromatic heterocycles. The molecule has 0 bridgehead atoms. The summed E-state index contributed by atoms with van der Waals surface area (Å²) in [4.78, 5) is 10.2. The molecule has 96 valence electrons. The third kappa shape index (κ3) is 8.54. The van der Waals surface area contributed by atoms with E-state index < -0.39 is 5.97 Å². The fourth-order valence-corrected chi connectivity index (χ4v) is 1.14. The van der Waals surface area contributed by atoms with Crippen LogP contribution in [-0.2, 0) is 4.79 Å². The summed E-state index contributed by atoms with van der Waals surface area (Å²) < 4.78 is 5.00. The summed E-state index contributed by atoms with van der Waals surface area (Å²) in [6, 6.07) is 5.37. The molecule has 0 saturated carbocycles. The molecular weight excluding hydrogens is 242 g/mol. The molecule has 0 amide bonds. The van der Waals surface area contributed by atoms with Crippen molar-refractivity contribution in [1.29, 1.82) is 0 Å². The number of carboxylic acid groups (broad SMARTS) is 1. The SMILES string of the molecule is CC(C)N.Cc1cc(Cl)ccc1OCC(=O)O. The summed E-state index contributed by atoms with van der Waals surface area (Å²) in [6.07, 6.45) is 0. The molecule has 17 heavy (non-hydrogen) atoms. The van der Waals surface area contributed by atoms with Crippen molar-refractivity contribution < 1.29 is 14.6 Å². The maximum Gasteiger partial charge on any atom is 0.341 e. The molecule has 4 nitrogen and oxygen atoms in total. The normalized spacial score (nSPS) is 9.53. The molecule has 0 atom stereocenters. The first-order chi connectivity index (χ1) is 7.82. The van der Waals surface area contributed by atoms with Crippen LogP contribution < -0.4 is 10.5 Å². The Bertz CT molecular complexity index is 364. The van der Waals surface area contributed by atoms with Crippen LogP contribution >= 0.6 is 11.6 Å². The molecule has 0 spiro atoms. The monoisotopic (exact) mass is 259 g/mol. The fourth-order valence-electron chi connectivity index (χ4n) is 0.914. The molecule has 5 heteroatoms. The Kier molecular flexibility index (Phi) is 7.34. The number of hydrogen-bond donors (Lipinski definition) is 2. The Morgan fingerprint density at radius 3 is 2.47 bits per heavy atom. The van der Waals surface area contributed by atoms with Crippen molar-refractivity contribution >= 4 is 17.6 Å². The highest BCUT2D eigenvalue weighted by molar-refractivity contribution is 6.30. The summed E-state index contributed by atoms with van der Waals surface area (Å²) in [5.41, 5.74) is 5.94. The van der Waals surface area contributed by atoms with Crippen LogP contribution in [0.3, 0.4) is 0 Å². The lowest BCUT2D eigenvalue weighted by Gasteiger charge is -2.06. The van der Waals surface area contributed by atoms with Crippen LogP contribution in [0.5, 0.6) is 5.75 Å². The minimum atomic E-state index is -0.991. The number of nitrogens with two attached hydrogens (primary N) is 1. The highest BCUT2D eigenvalue weighted by Crippen LogP contribution is 2.21. The standard InChI is InChI=1S/C9H9ClO3.C3H9N/c1-6-4-7(10)2-3-8(6)13-5-9(11)12;1-3(2)4/h2-4H,5H2,1H3,(H,11,12);3H,4H2,1-2H3. The second-order valence-corrected chi connectivity index (χ2v) is 4.27. The van der Waals surface area contributed by atoms with Crippen molar-refractivity contribution in [3.05, 3.63) is 28.8 Å². The van der Waals surface area contributed by atoms with E-state index in [4.69, 9.17) is 27.2 Å². The Labute approximate surface area is 106 Å². The summed E-state index contributed by atoms with van der Waals surface area (Å²) in [6.45, 7) is 5.37. The number of rotatable bonds is 3. The van der Waals surface area contributed by atoms with Gasteiger partial charge in [-0.2, -0.15) is 0 Å². The van der Waals surface area contributed by atoms with Gasteiger partial charge in [0.25, 0.3) is 0 Å². The van der Waals surface area contributed by atoms with Crippen molar-refractivity contribution in [1.82, 2.24) is 0 Å². The van der Waals surface area contributed by atoms with E-state index in [-0.39, 0.29) is 6.61 Å². The number of aliphatic carboxylic acids is 1. The molecule has 1 aromatic carbocycles. The highest BCUT2D eigenvalue weighted by Gasteiger charge is 2.02. The van der Waals surface area contributed by atoms with E-state index in [0.29, 0.717) is 16.8 Å². The van der Waals surface area contributed by atoms with E-state index >= 15 is 0 Å². The molecule has 0 saturated heterocycles. The molecule has 3 N–H and O–H groups in total. The minimum absolute atomic E-state index is 0.331.